The molecule has 0 fully saturated rings. The Morgan fingerprint density at radius 2 is 1.48 bits per heavy atom. The van der Waals surface area contributed by atoms with Gasteiger partial charge in [-0.15, -0.1) is 0 Å². The quantitative estimate of drug-likeness (QED) is 0.525. The van der Waals surface area contributed by atoms with Gasteiger partial charge in [-0.3, -0.25) is 4.79 Å². The van der Waals surface area contributed by atoms with E-state index >= 15 is 0 Å². The standard InChI is InChI=1S/C24H24FNO3/c1-17(27)21-8-3-18(4-9-21)14-26-15-20-7-12-23(24(13-20)28-2)29-16-19-5-10-22(25)11-6-19/h3-13,26H,14-16H2,1-2H3. The second-order valence-electron chi connectivity index (χ2n) is 6.76. The molecule has 4 nitrogen and oxygen atoms in total. The third kappa shape index (κ3) is 5.90. The molecule has 3 aromatic carbocycles. The zero-order valence-electron chi connectivity index (χ0n) is 16.6. The zero-order chi connectivity index (χ0) is 20.6. The Morgan fingerprint density at radius 3 is 2.14 bits per heavy atom. The van der Waals surface area contributed by atoms with E-state index in [0.29, 0.717) is 31.2 Å². The van der Waals surface area contributed by atoms with Crippen molar-refractivity contribution >= 4 is 5.78 Å². The SMILES string of the molecule is COc1cc(CNCc2ccc(C(C)=O)cc2)ccc1OCc1ccc(F)cc1. The van der Waals surface area contributed by atoms with Gasteiger partial charge in [0.05, 0.1) is 7.11 Å². The minimum Gasteiger partial charge on any atom is -0.493 e. The molecule has 0 aliphatic heterocycles. The topological polar surface area (TPSA) is 47.6 Å². The van der Waals surface area contributed by atoms with E-state index in [1.165, 1.54) is 12.1 Å². The molecule has 0 unspecified atom stereocenters. The normalized spacial score (nSPS) is 10.6. The summed E-state index contributed by atoms with van der Waals surface area (Å²) in [5.41, 5.74) is 3.78. The van der Waals surface area contributed by atoms with E-state index in [9.17, 15) is 9.18 Å². The summed E-state index contributed by atoms with van der Waals surface area (Å²) in [7, 11) is 1.61. The van der Waals surface area contributed by atoms with Crippen LogP contribution >= 0.6 is 0 Å². The zero-order valence-corrected chi connectivity index (χ0v) is 16.6. The van der Waals surface area contributed by atoms with Crippen LogP contribution in [0.15, 0.2) is 66.7 Å². The van der Waals surface area contributed by atoms with Crippen molar-refractivity contribution in [2.24, 2.45) is 0 Å². The molecule has 5 heteroatoms. The van der Waals surface area contributed by atoms with Crippen LogP contribution in [-0.2, 0) is 19.7 Å². The highest BCUT2D eigenvalue weighted by Crippen LogP contribution is 2.29. The van der Waals surface area contributed by atoms with Gasteiger partial charge >= 0.3 is 0 Å². The fourth-order valence-electron chi connectivity index (χ4n) is 2.89. The first-order chi connectivity index (χ1) is 14.0. The number of halogens is 1. The van der Waals surface area contributed by atoms with Crippen LogP contribution in [0.2, 0.25) is 0 Å². The van der Waals surface area contributed by atoms with Gasteiger partial charge in [0.2, 0.25) is 0 Å². The molecule has 3 aromatic rings. The molecule has 0 saturated heterocycles. The third-order valence-corrected chi connectivity index (χ3v) is 4.55. The number of rotatable bonds is 9. The maximum atomic E-state index is 13.0. The van der Waals surface area contributed by atoms with Crippen molar-refractivity contribution in [3.63, 3.8) is 0 Å². The molecule has 0 bridgehead atoms. The Morgan fingerprint density at radius 1 is 0.862 bits per heavy atom. The Bertz CT molecular complexity index is 953. The number of ketones is 1. The summed E-state index contributed by atoms with van der Waals surface area (Å²) in [6, 6.07) is 19.6. The van der Waals surface area contributed by atoms with E-state index in [1.54, 1.807) is 26.2 Å². The van der Waals surface area contributed by atoms with Crippen LogP contribution in [0.1, 0.15) is 34.0 Å². The van der Waals surface area contributed by atoms with Crippen LogP contribution in [-0.4, -0.2) is 12.9 Å². The van der Waals surface area contributed by atoms with Crippen molar-refractivity contribution in [1.82, 2.24) is 5.32 Å². The summed E-state index contributed by atoms with van der Waals surface area (Å²) >= 11 is 0. The van der Waals surface area contributed by atoms with Crippen molar-refractivity contribution in [2.45, 2.75) is 26.6 Å². The number of hydrogen-bond donors (Lipinski definition) is 1. The molecule has 0 atom stereocenters. The number of nitrogens with one attached hydrogen (secondary N) is 1. The minimum atomic E-state index is -0.266. The lowest BCUT2D eigenvalue weighted by atomic mass is 10.1. The van der Waals surface area contributed by atoms with E-state index in [-0.39, 0.29) is 11.6 Å². The van der Waals surface area contributed by atoms with Gasteiger partial charge in [-0.05, 0) is 47.9 Å². The molecule has 0 aliphatic rings. The number of carbonyl (C=O) groups is 1. The van der Waals surface area contributed by atoms with Gasteiger partial charge in [-0.1, -0.05) is 42.5 Å². The highest BCUT2D eigenvalue weighted by molar-refractivity contribution is 5.93. The summed E-state index contributed by atoms with van der Waals surface area (Å²) in [6.07, 6.45) is 0. The third-order valence-electron chi connectivity index (χ3n) is 4.55. The first-order valence-corrected chi connectivity index (χ1v) is 9.40. The number of benzene rings is 3. The van der Waals surface area contributed by atoms with Crippen molar-refractivity contribution in [3.8, 4) is 11.5 Å². The molecule has 3 rings (SSSR count). The molecule has 0 radical (unpaired) electrons. The number of Topliss-reactive ketones (excluding diaryl/α,β-unsaturated/α-hetero) is 1. The van der Waals surface area contributed by atoms with Crippen LogP contribution in [0.5, 0.6) is 11.5 Å². The second kappa shape index (κ2) is 9.85. The van der Waals surface area contributed by atoms with Crippen LogP contribution in [0, 0.1) is 5.82 Å². The van der Waals surface area contributed by atoms with Gasteiger partial charge in [0.25, 0.3) is 0 Å². The van der Waals surface area contributed by atoms with Gasteiger partial charge in [0, 0.05) is 18.7 Å². The summed E-state index contributed by atoms with van der Waals surface area (Å²) in [5, 5.41) is 3.38. The molecule has 0 saturated carbocycles. The van der Waals surface area contributed by atoms with Crippen molar-refractivity contribution in [2.75, 3.05) is 7.11 Å². The van der Waals surface area contributed by atoms with Gasteiger partial charge in [-0.25, -0.2) is 4.39 Å². The number of carbonyl (C=O) groups excluding carboxylic acids is 1. The van der Waals surface area contributed by atoms with E-state index < -0.39 is 0 Å². The first-order valence-electron chi connectivity index (χ1n) is 9.40. The first kappa shape index (κ1) is 20.6. The lowest BCUT2D eigenvalue weighted by Crippen LogP contribution is -2.13. The lowest BCUT2D eigenvalue weighted by Gasteiger charge is -2.13. The van der Waals surface area contributed by atoms with E-state index in [0.717, 1.165) is 22.3 Å². The summed E-state index contributed by atoms with van der Waals surface area (Å²) in [5.74, 6) is 1.09. The predicted octanol–water partition coefficient (Wildman–Crippen LogP) is 4.91. The largest absolute Gasteiger partial charge is 0.493 e. The van der Waals surface area contributed by atoms with Crippen molar-refractivity contribution in [1.29, 1.82) is 0 Å². The van der Waals surface area contributed by atoms with Crippen molar-refractivity contribution < 1.29 is 18.7 Å². The Kier molecular flexibility index (Phi) is 6.98. The van der Waals surface area contributed by atoms with E-state index in [2.05, 4.69) is 5.32 Å². The highest BCUT2D eigenvalue weighted by atomic mass is 19.1. The average molecular weight is 393 g/mol. The van der Waals surface area contributed by atoms with Crippen LogP contribution < -0.4 is 14.8 Å². The van der Waals surface area contributed by atoms with Crippen LogP contribution in [0.3, 0.4) is 0 Å². The maximum absolute atomic E-state index is 13.0. The Labute approximate surface area is 170 Å². The molecular formula is C24H24FNO3. The highest BCUT2D eigenvalue weighted by Gasteiger charge is 2.07. The summed E-state index contributed by atoms with van der Waals surface area (Å²) in [6.45, 7) is 3.27. The van der Waals surface area contributed by atoms with Gasteiger partial charge in [0.1, 0.15) is 12.4 Å². The number of ether oxygens (including phenoxy) is 2. The molecule has 150 valence electrons. The number of hydrogen-bond acceptors (Lipinski definition) is 4. The fourth-order valence-corrected chi connectivity index (χ4v) is 2.89. The van der Waals surface area contributed by atoms with Gasteiger partial charge < -0.3 is 14.8 Å². The predicted molar refractivity (Wildman–Crippen MR) is 111 cm³/mol. The average Bonchev–Trinajstić information content (AvgIpc) is 2.74. The number of methoxy groups -OCH3 is 1. The molecular weight excluding hydrogens is 369 g/mol. The molecule has 0 aliphatic carbocycles. The molecule has 0 aromatic heterocycles. The Balaban J connectivity index is 1.55. The van der Waals surface area contributed by atoms with Crippen LogP contribution in [0.4, 0.5) is 4.39 Å². The van der Waals surface area contributed by atoms with Gasteiger partial charge in [-0.2, -0.15) is 0 Å². The fraction of sp³-hybridized carbons (Fsp3) is 0.208. The molecule has 0 spiro atoms. The van der Waals surface area contributed by atoms with Crippen molar-refractivity contribution in [3.05, 3.63) is 94.8 Å². The smallest absolute Gasteiger partial charge is 0.161 e. The minimum absolute atomic E-state index is 0.0679. The molecule has 0 amide bonds. The lowest BCUT2D eigenvalue weighted by molar-refractivity contribution is 0.101. The van der Waals surface area contributed by atoms with Gasteiger partial charge in [0.15, 0.2) is 17.3 Å². The van der Waals surface area contributed by atoms with Crippen LogP contribution in [0.25, 0.3) is 0 Å². The van der Waals surface area contributed by atoms with E-state index in [1.807, 2.05) is 42.5 Å². The summed E-state index contributed by atoms with van der Waals surface area (Å²) < 4.78 is 24.3. The Hall–Kier alpha value is -3.18. The summed E-state index contributed by atoms with van der Waals surface area (Å²) in [4.78, 5) is 11.3. The second-order valence-corrected chi connectivity index (χ2v) is 6.76. The van der Waals surface area contributed by atoms with E-state index in [4.69, 9.17) is 9.47 Å². The molecule has 29 heavy (non-hydrogen) atoms. The molecule has 1 N–H and O–H groups in total. The maximum Gasteiger partial charge on any atom is 0.161 e. The molecule has 0 heterocycles. The monoisotopic (exact) mass is 393 g/mol.